The van der Waals surface area contributed by atoms with Crippen LogP contribution in [0.1, 0.15) is 31.4 Å². The van der Waals surface area contributed by atoms with Crippen LogP contribution in [0, 0.1) is 12.8 Å². The highest BCUT2D eigenvalue weighted by atomic mass is 16.5. The number of rotatable bonds is 6. The van der Waals surface area contributed by atoms with E-state index in [1.807, 2.05) is 6.08 Å². The van der Waals surface area contributed by atoms with Gasteiger partial charge in [-0.05, 0) is 48.9 Å². The van der Waals surface area contributed by atoms with Crippen LogP contribution in [-0.2, 0) is 6.42 Å². The lowest BCUT2D eigenvalue weighted by Crippen LogP contribution is -2.04. The second kappa shape index (κ2) is 6.37. The molecule has 1 aromatic rings. The second-order valence-corrected chi connectivity index (χ2v) is 4.62. The maximum absolute atomic E-state index is 5.69. The molecule has 0 amide bonds. The summed E-state index contributed by atoms with van der Waals surface area (Å²) in [5.74, 6) is 1.55. The molecule has 0 aliphatic carbocycles. The van der Waals surface area contributed by atoms with E-state index in [4.69, 9.17) is 4.74 Å². The van der Waals surface area contributed by atoms with E-state index in [0.717, 1.165) is 25.2 Å². The minimum Gasteiger partial charge on any atom is -0.493 e. The van der Waals surface area contributed by atoms with E-state index in [-0.39, 0.29) is 0 Å². The van der Waals surface area contributed by atoms with Crippen molar-refractivity contribution >= 4 is 0 Å². The molecule has 88 valence electrons. The summed E-state index contributed by atoms with van der Waals surface area (Å²) in [6.07, 6.45) is 4.06. The van der Waals surface area contributed by atoms with E-state index in [1.165, 1.54) is 11.1 Å². The van der Waals surface area contributed by atoms with Gasteiger partial charge in [-0.3, -0.25) is 0 Å². The summed E-state index contributed by atoms with van der Waals surface area (Å²) in [6.45, 7) is 11.0. The van der Waals surface area contributed by atoms with E-state index in [0.29, 0.717) is 5.92 Å². The summed E-state index contributed by atoms with van der Waals surface area (Å²) in [4.78, 5) is 0. The van der Waals surface area contributed by atoms with Crippen LogP contribution in [0.15, 0.2) is 30.9 Å². The number of benzene rings is 1. The van der Waals surface area contributed by atoms with Crippen molar-refractivity contribution < 1.29 is 4.74 Å². The molecule has 0 aromatic heterocycles. The zero-order valence-corrected chi connectivity index (χ0v) is 10.6. The van der Waals surface area contributed by atoms with Gasteiger partial charge in [0.05, 0.1) is 6.61 Å². The number of hydrogen-bond acceptors (Lipinski definition) is 1. The third-order valence-corrected chi connectivity index (χ3v) is 2.52. The Hall–Kier alpha value is -1.24. The molecule has 0 radical (unpaired) electrons. The lowest BCUT2D eigenvalue weighted by molar-refractivity contribution is 0.271. The molecule has 1 aromatic carbocycles. The largest absolute Gasteiger partial charge is 0.493 e. The molecule has 0 fully saturated rings. The van der Waals surface area contributed by atoms with Crippen molar-refractivity contribution in [2.75, 3.05) is 6.61 Å². The Labute approximate surface area is 99.1 Å². The fraction of sp³-hybridized carbons (Fsp3) is 0.467. The molecule has 1 heteroatoms. The van der Waals surface area contributed by atoms with Crippen molar-refractivity contribution in [2.45, 2.75) is 33.6 Å². The first-order valence-corrected chi connectivity index (χ1v) is 5.96. The predicted molar refractivity (Wildman–Crippen MR) is 70.0 cm³/mol. The van der Waals surface area contributed by atoms with Crippen LogP contribution in [0.5, 0.6) is 5.75 Å². The highest BCUT2D eigenvalue weighted by Crippen LogP contribution is 2.19. The summed E-state index contributed by atoms with van der Waals surface area (Å²) < 4.78 is 5.69. The SMILES string of the molecule is C=CCCc1ccc(OCC(C)C)cc1C. The van der Waals surface area contributed by atoms with Gasteiger partial charge in [0.1, 0.15) is 5.75 Å². The van der Waals surface area contributed by atoms with Gasteiger partial charge >= 0.3 is 0 Å². The molecule has 0 N–H and O–H groups in total. The Balaban J connectivity index is 2.63. The minimum absolute atomic E-state index is 0.570. The summed E-state index contributed by atoms with van der Waals surface area (Å²) in [7, 11) is 0. The van der Waals surface area contributed by atoms with Gasteiger partial charge in [-0.1, -0.05) is 26.0 Å². The lowest BCUT2D eigenvalue weighted by atomic mass is 10.0. The summed E-state index contributed by atoms with van der Waals surface area (Å²) >= 11 is 0. The molecule has 0 unspecified atom stereocenters. The van der Waals surface area contributed by atoms with Crippen LogP contribution >= 0.6 is 0 Å². The van der Waals surface area contributed by atoms with Crippen molar-refractivity contribution in [3.63, 3.8) is 0 Å². The zero-order chi connectivity index (χ0) is 12.0. The van der Waals surface area contributed by atoms with Gasteiger partial charge in [0.25, 0.3) is 0 Å². The monoisotopic (exact) mass is 218 g/mol. The van der Waals surface area contributed by atoms with E-state index in [9.17, 15) is 0 Å². The third-order valence-electron chi connectivity index (χ3n) is 2.52. The molecule has 0 heterocycles. The van der Waals surface area contributed by atoms with Crippen molar-refractivity contribution in [3.8, 4) is 5.75 Å². The second-order valence-electron chi connectivity index (χ2n) is 4.62. The Morgan fingerprint density at radius 3 is 2.69 bits per heavy atom. The van der Waals surface area contributed by atoms with Gasteiger partial charge in [0, 0.05) is 0 Å². The molecular formula is C15H22O. The van der Waals surface area contributed by atoms with Crippen molar-refractivity contribution in [3.05, 3.63) is 42.0 Å². The topological polar surface area (TPSA) is 9.23 Å². The van der Waals surface area contributed by atoms with Gasteiger partial charge < -0.3 is 4.74 Å². The van der Waals surface area contributed by atoms with E-state index < -0.39 is 0 Å². The molecule has 1 nitrogen and oxygen atoms in total. The summed E-state index contributed by atoms with van der Waals surface area (Å²) in [5, 5.41) is 0. The Kier molecular flexibility index (Phi) is 5.10. The number of hydrogen-bond donors (Lipinski definition) is 0. The van der Waals surface area contributed by atoms with E-state index in [1.54, 1.807) is 0 Å². The molecule has 0 atom stereocenters. The highest BCUT2D eigenvalue weighted by molar-refractivity contribution is 5.35. The first kappa shape index (κ1) is 12.8. The smallest absolute Gasteiger partial charge is 0.119 e. The molecule has 0 spiro atoms. The summed E-state index contributed by atoms with van der Waals surface area (Å²) in [6, 6.07) is 6.35. The maximum Gasteiger partial charge on any atom is 0.119 e. The van der Waals surface area contributed by atoms with Crippen molar-refractivity contribution in [2.24, 2.45) is 5.92 Å². The molecular weight excluding hydrogens is 196 g/mol. The predicted octanol–water partition coefficient (Wildman–Crippen LogP) is 4.15. The molecule has 0 saturated heterocycles. The van der Waals surface area contributed by atoms with Crippen LogP contribution in [0.3, 0.4) is 0 Å². The van der Waals surface area contributed by atoms with Gasteiger partial charge in [0.15, 0.2) is 0 Å². The molecule has 1 rings (SSSR count). The van der Waals surface area contributed by atoms with Gasteiger partial charge in [-0.15, -0.1) is 6.58 Å². The van der Waals surface area contributed by atoms with Crippen molar-refractivity contribution in [1.82, 2.24) is 0 Å². The summed E-state index contributed by atoms with van der Waals surface area (Å²) in [5.41, 5.74) is 2.69. The quantitative estimate of drug-likeness (QED) is 0.652. The van der Waals surface area contributed by atoms with Crippen LogP contribution < -0.4 is 4.74 Å². The van der Waals surface area contributed by atoms with Crippen LogP contribution in [0.25, 0.3) is 0 Å². The van der Waals surface area contributed by atoms with Crippen molar-refractivity contribution in [1.29, 1.82) is 0 Å². The van der Waals surface area contributed by atoms with Gasteiger partial charge in [-0.25, -0.2) is 0 Å². The number of ether oxygens (including phenoxy) is 1. The number of allylic oxidation sites excluding steroid dienone is 1. The average molecular weight is 218 g/mol. The molecule has 0 aliphatic rings. The Morgan fingerprint density at radius 1 is 1.38 bits per heavy atom. The van der Waals surface area contributed by atoms with Crippen LogP contribution in [0.2, 0.25) is 0 Å². The van der Waals surface area contributed by atoms with E-state index in [2.05, 4.69) is 45.5 Å². The minimum atomic E-state index is 0.570. The maximum atomic E-state index is 5.69. The fourth-order valence-corrected chi connectivity index (χ4v) is 1.56. The standard InChI is InChI=1S/C15H22O/c1-5-6-7-14-8-9-15(10-13(14)4)16-11-12(2)3/h5,8-10,12H,1,6-7,11H2,2-4H3. The van der Waals surface area contributed by atoms with Gasteiger partial charge in [-0.2, -0.15) is 0 Å². The molecule has 0 bridgehead atoms. The molecule has 16 heavy (non-hydrogen) atoms. The average Bonchev–Trinajstić information content (AvgIpc) is 2.25. The fourth-order valence-electron chi connectivity index (χ4n) is 1.56. The molecule has 0 aliphatic heterocycles. The van der Waals surface area contributed by atoms with Crippen LogP contribution in [-0.4, -0.2) is 6.61 Å². The zero-order valence-electron chi connectivity index (χ0n) is 10.6. The first-order valence-electron chi connectivity index (χ1n) is 5.96. The first-order chi connectivity index (χ1) is 7.63. The normalized spacial score (nSPS) is 10.5. The Bertz CT molecular complexity index is 339. The highest BCUT2D eigenvalue weighted by Gasteiger charge is 2.01. The number of aryl methyl sites for hydroxylation is 2. The molecule has 0 saturated carbocycles. The van der Waals surface area contributed by atoms with Crippen LogP contribution in [0.4, 0.5) is 0 Å². The van der Waals surface area contributed by atoms with Gasteiger partial charge in [0.2, 0.25) is 0 Å². The lowest BCUT2D eigenvalue weighted by Gasteiger charge is -2.11. The third kappa shape index (κ3) is 4.09. The van der Waals surface area contributed by atoms with E-state index >= 15 is 0 Å². The Morgan fingerprint density at radius 2 is 2.12 bits per heavy atom.